The van der Waals surface area contributed by atoms with Crippen LogP contribution < -0.4 is 20.2 Å². The van der Waals surface area contributed by atoms with Crippen LogP contribution in [0, 0.1) is 0 Å². The molecule has 2 N–H and O–H groups in total. The summed E-state index contributed by atoms with van der Waals surface area (Å²) in [7, 11) is 1.43. The van der Waals surface area contributed by atoms with Gasteiger partial charge in [0.15, 0.2) is 11.5 Å². The molecule has 0 saturated heterocycles. The minimum atomic E-state index is -0.986. The zero-order chi connectivity index (χ0) is 26.7. The normalized spacial score (nSPS) is 10.9. The summed E-state index contributed by atoms with van der Waals surface area (Å²) in [5, 5.41) is 14.9. The maximum Gasteiger partial charge on any atom is 0.336 e. The first-order valence-corrected chi connectivity index (χ1v) is 12.0. The topological polar surface area (TPSA) is 132 Å². The van der Waals surface area contributed by atoms with Crippen molar-refractivity contribution in [3.05, 3.63) is 96.1 Å². The van der Waals surface area contributed by atoms with Crippen LogP contribution in [0.5, 0.6) is 11.5 Å². The maximum atomic E-state index is 12.2. The number of hydrazone groups is 1. The molecule has 0 bridgehead atoms. The molecule has 0 aliphatic carbocycles. The monoisotopic (exact) mass is 527 g/mol. The van der Waals surface area contributed by atoms with Gasteiger partial charge in [-0.2, -0.15) is 5.10 Å². The first kappa shape index (κ1) is 25.9. The molecular formula is C27H21N5O5S. The van der Waals surface area contributed by atoms with Crippen molar-refractivity contribution < 1.29 is 23.9 Å². The lowest BCUT2D eigenvalue weighted by atomic mass is 10.2. The molecule has 0 fully saturated rings. The van der Waals surface area contributed by atoms with Gasteiger partial charge in [-0.05, 0) is 35.4 Å². The number of nitrogens with one attached hydrogen (secondary N) is 2. The summed E-state index contributed by atoms with van der Waals surface area (Å²) in [6.45, 7) is 0. The van der Waals surface area contributed by atoms with E-state index in [4.69, 9.17) is 9.47 Å². The number of aromatic nitrogens is 2. The van der Waals surface area contributed by atoms with Crippen LogP contribution in [0.2, 0.25) is 0 Å². The first-order chi connectivity index (χ1) is 18.5. The number of benzene rings is 3. The summed E-state index contributed by atoms with van der Waals surface area (Å²) in [6, 6.07) is 23.4. The van der Waals surface area contributed by atoms with E-state index in [0.29, 0.717) is 10.6 Å². The van der Waals surface area contributed by atoms with E-state index in [1.165, 1.54) is 25.5 Å². The Balaban J connectivity index is 1.30. The van der Waals surface area contributed by atoms with Gasteiger partial charge in [-0.1, -0.05) is 72.0 Å². The third kappa shape index (κ3) is 7.18. The Morgan fingerprint density at radius 2 is 1.61 bits per heavy atom. The fourth-order valence-corrected chi connectivity index (χ4v) is 3.80. The quantitative estimate of drug-likeness (QED) is 0.0886. The van der Waals surface area contributed by atoms with Gasteiger partial charge in [-0.15, -0.1) is 10.2 Å². The number of rotatable bonds is 8. The average Bonchev–Trinajstić information content (AvgIpc) is 3.42. The van der Waals surface area contributed by atoms with E-state index < -0.39 is 17.8 Å². The number of hydrogen-bond acceptors (Lipinski definition) is 9. The van der Waals surface area contributed by atoms with Gasteiger partial charge in [0.1, 0.15) is 5.01 Å². The Morgan fingerprint density at radius 1 is 0.868 bits per heavy atom. The van der Waals surface area contributed by atoms with Gasteiger partial charge in [0.05, 0.1) is 13.3 Å². The van der Waals surface area contributed by atoms with Crippen LogP contribution in [0.25, 0.3) is 16.6 Å². The van der Waals surface area contributed by atoms with Crippen molar-refractivity contribution in [2.75, 3.05) is 12.4 Å². The molecule has 0 saturated carbocycles. The number of ether oxygens (including phenoxy) is 2. The van der Waals surface area contributed by atoms with E-state index in [1.54, 1.807) is 18.2 Å². The highest BCUT2D eigenvalue weighted by Gasteiger charge is 2.16. The van der Waals surface area contributed by atoms with Gasteiger partial charge < -0.3 is 9.47 Å². The smallest absolute Gasteiger partial charge is 0.336 e. The number of anilines is 1. The Bertz CT molecular complexity index is 1490. The summed E-state index contributed by atoms with van der Waals surface area (Å²) in [6.07, 6.45) is 4.27. The molecule has 10 nitrogen and oxygen atoms in total. The van der Waals surface area contributed by atoms with E-state index in [-0.39, 0.29) is 16.6 Å². The molecule has 4 aromatic rings. The summed E-state index contributed by atoms with van der Waals surface area (Å²) in [5.41, 5.74) is 4.38. The van der Waals surface area contributed by atoms with E-state index in [0.717, 1.165) is 22.5 Å². The summed E-state index contributed by atoms with van der Waals surface area (Å²) in [4.78, 5) is 36.4. The minimum absolute atomic E-state index is 0.182. The Labute approximate surface area is 221 Å². The Hall–Kier alpha value is -5.16. The molecule has 0 radical (unpaired) electrons. The molecule has 190 valence electrons. The second-order valence-corrected chi connectivity index (χ2v) is 8.48. The standard InChI is InChI=1S/C27H21N5O5S/c1-36-22-16-19(12-14-21(22)37-23(33)15-13-18-8-4-2-5-9-18)17-28-30-25(35)24(34)29-27-32-31-26(38-27)20-10-6-3-7-11-20/h2-17H,1H3,(H,30,35)(H,29,32,34)/b15-13+,28-17+. The van der Waals surface area contributed by atoms with Crippen molar-refractivity contribution in [3.63, 3.8) is 0 Å². The predicted octanol–water partition coefficient (Wildman–Crippen LogP) is 3.92. The fourth-order valence-electron chi connectivity index (χ4n) is 3.06. The minimum Gasteiger partial charge on any atom is -0.493 e. The largest absolute Gasteiger partial charge is 0.493 e. The van der Waals surface area contributed by atoms with Gasteiger partial charge in [0.2, 0.25) is 5.13 Å². The highest BCUT2D eigenvalue weighted by atomic mass is 32.1. The molecular weight excluding hydrogens is 506 g/mol. The van der Waals surface area contributed by atoms with Gasteiger partial charge in [0, 0.05) is 11.6 Å². The third-order valence-electron chi connectivity index (χ3n) is 4.86. The zero-order valence-corrected chi connectivity index (χ0v) is 20.8. The van der Waals surface area contributed by atoms with Crippen LogP contribution in [-0.4, -0.2) is 41.3 Å². The van der Waals surface area contributed by atoms with E-state index >= 15 is 0 Å². The Morgan fingerprint density at radius 3 is 2.34 bits per heavy atom. The van der Waals surface area contributed by atoms with Crippen molar-refractivity contribution in [1.29, 1.82) is 0 Å². The number of methoxy groups -OCH3 is 1. The van der Waals surface area contributed by atoms with Crippen molar-refractivity contribution in [2.45, 2.75) is 0 Å². The summed E-state index contributed by atoms with van der Waals surface area (Å²) < 4.78 is 10.6. The van der Waals surface area contributed by atoms with Crippen LogP contribution in [-0.2, 0) is 14.4 Å². The van der Waals surface area contributed by atoms with E-state index in [1.807, 2.05) is 60.7 Å². The second-order valence-electron chi connectivity index (χ2n) is 7.51. The maximum absolute atomic E-state index is 12.2. The molecule has 0 aliphatic heterocycles. The van der Waals surface area contributed by atoms with Gasteiger partial charge in [0.25, 0.3) is 0 Å². The van der Waals surface area contributed by atoms with Crippen LogP contribution in [0.3, 0.4) is 0 Å². The third-order valence-corrected chi connectivity index (χ3v) is 5.75. The fraction of sp³-hybridized carbons (Fsp3) is 0.0370. The van der Waals surface area contributed by atoms with E-state index in [2.05, 4.69) is 26.0 Å². The number of esters is 1. The summed E-state index contributed by atoms with van der Waals surface area (Å²) >= 11 is 1.14. The van der Waals surface area contributed by atoms with Gasteiger partial charge in [-0.25, -0.2) is 10.2 Å². The lowest BCUT2D eigenvalue weighted by Gasteiger charge is -2.08. The number of hydrogen-bond donors (Lipinski definition) is 2. The zero-order valence-electron chi connectivity index (χ0n) is 20.0. The molecule has 2 amide bonds. The predicted molar refractivity (Wildman–Crippen MR) is 144 cm³/mol. The average molecular weight is 528 g/mol. The molecule has 11 heteroatoms. The molecule has 1 heterocycles. The number of carbonyl (C=O) groups is 3. The van der Waals surface area contributed by atoms with Crippen molar-refractivity contribution in [2.24, 2.45) is 5.10 Å². The molecule has 4 rings (SSSR count). The van der Waals surface area contributed by atoms with Crippen LogP contribution in [0.1, 0.15) is 11.1 Å². The molecule has 3 aromatic carbocycles. The highest BCUT2D eigenvalue weighted by molar-refractivity contribution is 7.18. The Kier molecular flexibility index (Phi) is 8.66. The summed E-state index contributed by atoms with van der Waals surface area (Å²) in [5.74, 6) is -2.01. The van der Waals surface area contributed by atoms with Crippen LogP contribution >= 0.6 is 11.3 Å². The van der Waals surface area contributed by atoms with E-state index in [9.17, 15) is 14.4 Å². The number of carbonyl (C=O) groups excluding carboxylic acids is 3. The highest BCUT2D eigenvalue weighted by Crippen LogP contribution is 2.28. The SMILES string of the molecule is COc1cc(/C=N/NC(=O)C(=O)Nc2nnc(-c3ccccc3)s2)ccc1OC(=O)/C=C/c1ccccc1. The molecule has 38 heavy (non-hydrogen) atoms. The molecule has 1 aromatic heterocycles. The lowest BCUT2D eigenvalue weighted by Crippen LogP contribution is -2.32. The van der Waals surface area contributed by atoms with Gasteiger partial charge in [-0.3, -0.25) is 14.9 Å². The van der Waals surface area contributed by atoms with Crippen LogP contribution in [0.15, 0.2) is 90.0 Å². The second kappa shape index (κ2) is 12.7. The molecule has 0 spiro atoms. The molecule has 0 unspecified atom stereocenters. The van der Waals surface area contributed by atoms with Crippen molar-refractivity contribution in [1.82, 2.24) is 15.6 Å². The van der Waals surface area contributed by atoms with Crippen LogP contribution in [0.4, 0.5) is 5.13 Å². The van der Waals surface area contributed by atoms with Gasteiger partial charge >= 0.3 is 17.8 Å². The number of nitrogens with zero attached hydrogens (tertiary/aromatic N) is 3. The first-order valence-electron chi connectivity index (χ1n) is 11.2. The lowest BCUT2D eigenvalue weighted by molar-refractivity contribution is -0.136. The number of amides is 2. The molecule has 0 aliphatic rings. The molecule has 0 atom stereocenters. The van der Waals surface area contributed by atoms with Crippen molar-refractivity contribution >= 4 is 46.5 Å². The van der Waals surface area contributed by atoms with Crippen molar-refractivity contribution in [3.8, 4) is 22.1 Å².